The van der Waals surface area contributed by atoms with Crippen LogP contribution in [0, 0.1) is 0 Å². The molecule has 0 aliphatic heterocycles. The maximum Gasteiger partial charge on any atom is 0.259 e. The number of amides is 1. The molecule has 0 aliphatic carbocycles. The molecule has 174 valence electrons. The number of anilines is 2. The molecule has 35 heavy (non-hydrogen) atoms. The normalized spacial score (nSPS) is 10.8. The van der Waals surface area contributed by atoms with Crippen molar-refractivity contribution in [3.8, 4) is 17.0 Å². The van der Waals surface area contributed by atoms with Crippen LogP contribution in [-0.4, -0.2) is 16.4 Å². The second kappa shape index (κ2) is 10.5. The summed E-state index contributed by atoms with van der Waals surface area (Å²) in [5.74, 6) is 0.334. The lowest BCUT2D eigenvalue weighted by atomic mass is 10.1. The highest BCUT2D eigenvalue weighted by Crippen LogP contribution is 2.25. The van der Waals surface area contributed by atoms with Crippen molar-refractivity contribution in [1.82, 2.24) is 4.98 Å². The molecule has 1 heterocycles. The number of benzene rings is 4. The van der Waals surface area contributed by atoms with Gasteiger partial charge >= 0.3 is 0 Å². The summed E-state index contributed by atoms with van der Waals surface area (Å²) >= 11 is 3.24. The number of halogens is 1. The molecule has 0 saturated carbocycles. The Bertz CT molecular complexity index is 1410. The number of aromatic nitrogens is 1. The van der Waals surface area contributed by atoms with Gasteiger partial charge in [-0.1, -0.05) is 54.6 Å². The van der Waals surface area contributed by atoms with Crippen LogP contribution in [0.5, 0.6) is 5.75 Å². The van der Waals surface area contributed by atoms with E-state index in [-0.39, 0.29) is 5.91 Å². The van der Waals surface area contributed by atoms with E-state index in [4.69, 9.17) is 4.74 Å². The van der Waals surface area contributed by atoms with E-state index in [0.29, 0.717) is 23.4 Å². The summed E-state index contributed by atoms with van der Waals surface area (Å²) in [6.07, 6.45) is 0. The van der Waals surface area contributed by atoms with Crippen molar-refractivity contribution in [3.05, 3.63) is 114 Å². The SMILES string of the molecule is O=C(Nc1ccc(CNc2ccc(-c3cc4ccccc4[nH]3)cc2)cc1)c1ccccc1OCBr. The first-order valence-electron chi connectivity index (χ1n) is 11.3. The smallest absolute Gasteiger partial charge is 0.259 e. The van der Waals surface area contributed by atoms with Gasteiger partial charge in [-0.2, -0.15) is 0 Å². The first kappa shape index (κ1) is 22.7. The minimum Gasteiger partial charge on any atom is -0.482 e. The number of carbonyl (C=O) groups excluding carboxylic acids is 1. The number of aromatic amines is 1. The highest BCUT2D eigenvalue weighted by Gasteiger charge is 2.12. The lowest BCUT2D eigenvalue weighted by Gasteiger charge is -2.11. The third kappa shape index (κ3) is 5.39. The fraction of sp³-hybridized carbons (Fsp3) is 0.0690. The summed E-state index contributed by atoms with van der Waals surface area (Å²) in [5, 5.41) is 7.60. The predicted molar refractivity (Wildman–Crippen MR) is 146 cm³/mol. The van der Waals surface area contributed by atoms with Crippen LogP contribution in [0.2, 0.25) is 0 Å². The highest BCUT2D eigenvalue weighted by atomic mass is 79.9. The summed E-state index contributed by atoms with van der Waals surface area (Å²) < 4.78 is 5.48. The molecule has 0 aliphatic rings. The number of hydrogen-bond donors (Lipinski definition) is 3. The Hall–Kier alpha value is -4.03. The van der Waals surface area contributed by atoms with E-state index in [9.17, 15) is 4.79 Å². The van der Waals surface area contributed by atoms with Crippen molar-refractivity contribution >= 4 is 44.1 Å². The number of fused-ring (bicyclic) bond motifs is 1. The lowest BCUT2D eigenvalue weighted by Crippen LogP contribution is -2.13. The molecule has 0 fully saturated rings. The van der Waals surface area contributed by atoms with Gasteiger partial charge in [0.15, 0.2) is 0 Å². The fourth-order valence-corrected chi connectivity index (χ4v) is 4.19. The van der Waals surface area contributed by atoms with Crippen LogP contribution >= 0.6 is 15.9 Å². The zero-order valence-corrected chi connectivity index (χ0v) is 20.5. The molecule has 5 nitrogen and oxygen atoms in total. The lowest BCUT2D eigenvalue weighted by molar-refractivity contribution is 0.102. The van der Waals surface area contributed by atoms with Gasteiger partial charge in [0.05, 0.1) is 5.56 Å². The Morgan fingerprint density at radius 1 is 0.829 bits per heavy atom. The number of para-hydroxylation sites is 2. The predicted octanol–water partition coefficient (Wildman–Crippen LogP) is 7.43. The average Bonchev–Trinajstić information content (AvgIpc) is 3.33. The molecule has 5 aromatic rings. The third-order valence-electron chi connectivity index (χ3n) is 5.78. The monoisotopic (exact) mass is 525 g/mol. The van der Waals surface area contributed by atoms with Gasteiger partial charge in [0.25, 0.3) is 5.91 Å². The molecule has 4 aromatic carbocycles. The number of nitrogens with one attached hydrogen (secondary N) is 3. The van der Waals surface area contributed by atoms with Gasteiger partial charge in [0.2, 0.25) is 0 Å². The number of alkyl halides is 1. The van der Waals surface area contributed by atoms with Gasteiger partial charge in [-0.15, -0.1) is 0 Å². The zero-order valence-electron chi connectivity index (χ0n) is 18.9. The van der Waals surface area contributed by atoms with E-state index in [1.165, 1.54) is 5.39 Å². The second-order valence-corrected chi connectivity index (χ2v) is 8.56. The molecule has 0 unspecified atom stereocenters. The van der Waals surface area contributed by atoms with Crippen molar-refractivity contribution in [2.75, 3.05) is 16.1 Å². The van der Waals surface area contributed by atoms with Gasteiger partial charge in [-0.05, 0) is 75.6 Å². The minimum absolute atomic E-state index is 0.206. The van der Waals surface area contributed by atoms with Gasteiger partial charge in [0, 0.05) is 34.5 Å². The van der Waals surface area contributed by atoms with E-state index in [2.05, 4.69) is 74.0 Å². The van der Waals surface area contributed by atoms with Crippen molar-refractivity contribution in [1.29, 1.82) is 0 Å². The summed E-state index contributed by atoms with van der Waals surface area (Å²) in [7, 11) is 0. The maximum absolute atomic E-state index is 12.7. The molecular formula is C29H24BrN3O2. The minimum atomic E-state index is -0.206. The highest BCUT2D eigenvalue weighted by molar-refractivity contribution is 9.09. The topological polar surface area (TPSA) is 66.2 Å². The number of ether oxygens (including phenoxy) is 1. The summed E-state index contributed by atoms with van der Waals surface area (Å²) in [6, 6.07) is 33.8. The van der Waals surface area contributed by atoms with Gasteiger partial charge < -0.3 is 20.4 Å². The van der Waals surface area contributed by atoms with Crippen LogP contribution < -0.4 is 15.4 Å². The molecule has 1 aromatic heterocycles. The Morgan fingerprint density at radius 2 is 1.54 bits per heavy atom. The molecule has 0 atom stereocenters. The molecule has 5 rings (SSSR count). The number of H-pyrrole nitrogens is 1. The Balaban J connectivity index is 1.18. The molecule has 0 saturated heterocycles. The maximum atomic E-state index is 12.7. The van der Waals surface area contributed by atoms with E-state index < -0.39 is 0 Å². The van der Waals surface area contributed by atoms with Crippen molar-refractivity contribution in [3.63, 3.8) is 0 Å². The second-order valence-electron chi connectivity index (χ2n) is 8.10. The van der Waals surface area contributed by atoms with Gasteiger partial charge in [-0.25, -0.2) is 0 Å². The largest absolute Gasteiger partial charge is 0.482 e. The van der Waals surface area contributed by atoms with Gasteiger partial charge in [-0.3, -0.25) is 4.79 Å². The van der Waals surface area contributed by atoms with Crippen LogP contribution in [0.1, 0.15) is 15.9 Å². The van der Waals surface area contributed by atoms with E-state index in [0.717, 1.165) is 33.7 Å². The Morgan fingerprint density at radius 3 is 2.31 bits per heavy atom. The van der Waals surface area contributed by atoms with Gasteiger partial charge in [0.1, 0.15) is 11.3 Å². The van der Waals surface area contributed by atoms with Crippen LogP contribution in [0.15, 0.2) is 103 Å². The van der Waals surface area contributed by atoms with Crippen LogP contribution in [0.4, 0.5) is 11.4 Å². The Kier molecular flexibility index (Phi) is 6.82. The van der Waals surface area contributed by atoms with E-state index in [1.54, 1.807) is 12.1 Å². The summed E-state index contributed by atoms with van der Waals surface area (Å²) in [5.41, 5.74) is 7.11. The van der Waals surface area contributed by atoms with E-state index in [1.807, 2.05) is 48.5 Å². The average molecular weight is 526 g/mol. The molecule has 1 amide bonds. The van der Waals surface area contributed by atoms with E-state index >= 15 is 0 Å². The first-order chi connectivity index (χ1) is 17.2. The first-order valence-corrected chi connectivity index (χ1v) is 12.4. The van der Waals surface area contributed by atoms with Crippen molar-refractivity contribution in [2.24, 2.45) is 0 Å². The van der Waals surface area contributed by atoms with Crippen LogP contribution in [0.3, 0.4) is 0 Å². The summed E-state index contributed by atoms with van der Waals surface area (Å²) in [4.78, 5) is 16.1. The van der Waals surface area contributed by atoms with Crippen LogP contribution in [0.25, 0.3) is 22.2 Å². The molecule has 0 radical (unpaired) electrons. The molecule has 0 spiro atoms. The summed E-state index contributed by atoms with van der Waals surface area (Å²) in [6.45, 7) is 0.682. The van der Waals surface area contributed by atoms with Crippen molar-refractivity contribution in [2.45, 2.75) is 6.54 Å². The van der Waals surface area contributed by atoms with Crippen LogP contribution in [-0.2, 0) is 6.54 Å². The number of rotatable bonds is 8. The fourth-order valence-electron chi connectivity index (χ4n) is 3.94. The quantitative estimate of drug-likeness (QED) is 0.184. The molecular weight excluding hydrogens is 502 g/mol. The Labute approximate surface area is 212 Å². The molecule has 3 N–H and O–H groups in total. The molecule has 0 bridgehead atoms. The zero-order chi connectivity index (χ0) is 24.0. The number of carbonyl (C=O) groups is 1. The van der Waals surface area contributed by atoms with Crippen molar-refractivity contribution < 1.29 is 9.53 Å². The standard InChI is InChI=1S/C29H24BrN3O2/c30-19-35-28-8-4-2-6-25(28)29(34)32-24-13-9-20(10-14-24)18-31-23-15-11-21(12-16-23)27-17-22-5-1-3-7-26(22)33-27/h1-17,31,33H,18-19H2,(H,32,34). The molecule has 6 heteroatoms. The third-order valence-corrected chi connectivity index (χ3v) is 6.00. The number of hydrogen-bond acceptors (Lipinski definition) is 3.